The van der Waals surface area contributed by atoms with Crippen LogP contribution in [0.1, 0.15) is 19.4 Å². The lowest BCUT2D eigenvalue weighted by Gasteiger charge is -2.26. The van der Waals surface area contributed by atoms with Crippen molar-refractivity contribution in [1.82, 2.24) is 4.98 Å². The highest BCUT2D eigenvalue weighted by Gasteiger charge is 2.30. The number of rotatable bonds is 5. The van der Waals surface area contributed by atoms with Crippen LogP contribution in [-0.2, 0) is 4.79 Å². The predicted octanol–water partition coefficient (Wildman–Crippen LogP) is 6.72. The number of aromatic nitrogens is 1. The van der Waals surface area contributed by atoms with E-state index in [0.29, 0.717) is 10.8 Å². The topological polar surface area (TPSA) is 51.2 Å². The number of para-hydroxylation sites is 1. The summed E-state index contributed by atoms with van der Waals surface area (Å²) in [5.74, 6) is 0.349. The van der Waals surface area contributed by atoms with Crippen molar-refractivity contribution in [3.8, 4) is 16.3 Å². The van der Waals surface area contributed by atoms with Crippen molar-refractivity contribution >= 4 is 44.7 Å². The Labute approximate surface area is 184 Å². The molecule has 0 radical (unpaired) electrons. The van der Waals surface area contributed by atoms with Crippen LogP contribution in [0, 0.1) is 6.92 Å². The molecule has 4 nitrogen and oxygen atoms in total. The quantitative estimate of drug-likeness (QED) is 0.377. The second-order valence-corrected chi connectivity index (χ2v) is 9.00. The molecule has 6 heteroatoms. The van der Waals surface area contributed by atoms with E-state index in [4.69, 9.17) is 21.3 Å². The minimum atomic E-state index is -1.06. The second kappa shape index (κ2) is 8.09. The number of carbonyl (C=O) groups is 1. The summed E-state index contributed by atoms with van der Waals surface area (Å²) in [6.07, 6.45) is 0. The van der Waals surface area contributed by atoms with Gasteiger partial charge in [-0.15, -0.1) is 11.3 Å². The minimum absolute atomic E-state index is 0.234. The summed E-state index contributed by atoms with van der Waals surface area (Å²) in [6.45, 7) is 5.44. The van der Waals surface area contributed by atoms with E-state index in [1.165, 1.54) is 0 Å². The molecule has 0 unspecified atom stereocenters. The molecule has 0 aliphatic carbocycles. The van der Waals surface area contributed by atoms with Crippen LogP contribution in [-0.4, -0.2) is 16.5 Å². The fourth-order valence-corrected chi connectivity index (χ4v) is 4.09. The number of hydrogen-bond donors (Lipinski definition) is 1. The van der Waals surface area contributed by atoms with Crippen molar-refractivity contribution in [3.63, 3.8) is 0 Å². The van der Waals surface area contributed by atoms with E-state index in [1.807, 2.05) is 43.3 Å². The van der Waals surface area contributed by atoms with Crippen LogP contribution in [0.15, 0.2) is 66.7 Å². The summed E-state index contributed by atoms with van der Waals surface area (Å²) in [5, 5.41) is 4.55. The van der Waals surface area contributed by atoms with E-state index in [2.05, 4.69) is 11.4 Å². The molecule has 0 atom stereocenters. The van der Waals surface area contributed by atoms with Gasteiger partial charge in [-0.1, -0.05) is 35.9 Å². The Kier molecular flexibility index (Phi) is 5.50. The van der Waals surface area contributed by atoms with Gasteiger partial charge in [0.25, 0.3) is 5.91 Å². The smallest absolute Gasteiger partial charge is 0.267 e. The number of hydrogen-bond acceptors (Lipinski definition) is 4. The van der Waals surface area contributed by atoms with E-state index >= 15 is 0 Å². The zero-order valence-electron chi connectivity index (χ0n) is 16.9. The summed E-state index contributed by atoms with van der Waals surface area (Å²) in [6, 6.07) is 21.0. The van der Waals surface area contributed by atoms with Gasteiger partial charge in [0, 0.05) is 16.3 Å². The lowest BCUT2D eigenvalue weighted by atomic mass is 10.1. The van der Waals surface area contributed by atoms with Gasteiger partial charge in [0.05, 0.1) is 10.2 Å². The average Bonchev–Trinajstić information content (AvgIpc) is 3.15. The molecule has 152 valence electrons. The maximum Gasteiger partial charge on any atom is 0.267 e. The standard InChI is InChI=1S/C24H21ClN2O2S/c1-15-8-9-16(22-26-19-6-4-5-7-21(19)30-22)14-20(15)27-23(28)24(2,3)29-18-12-10-17(25)11-13-18/h4-14H,1-3H3,(H,27,28). The highest BCUT2D eigenvalue weighted by Crippen LogP contribution is 2.32. The predicted molar refractivity (Wildman–Crippen MR) is 125 cm³/mol. The second-order valence-electron chi connectivity index (χ2n) is 7.54. The fraction of sp³-hybridized carbons (Fsp3) is 0.167. The Bertz CT molecular complexity index is 1180. The highest BCUT2D eigenvalue weighted by atomic mass is 35.5. The van der Waals surface area contributed by atoms with Crippen molar-refractivity contribution in [3.05, 3.63) is 77.3 Å². The van der Waals surface area contributed by atoms with Crippen LogP contribution >= 0.6 is 22.9 Å². The number of ether oxygens (including phenoxy) is 1. The molecule has 0 fully saturated rings. The Morgan fingerprint density at radius 2 is 1.80 bits per heavy atom. The highest BCUT2D eigenvalue weighted by molar-refractivity contribution is 7.21. The Morgan fingerprint density at radius 3 is 2.53 bits per heavy atom. The van der Waals surface area contributed by atoms with Gasteiger partial charge in [-0.3, -0.25) is 4.79 Å². The molecule has 1 amide bonds. The van der Waals surface area contributed by atoms with Gasteiger partial charge >= 0.3 is 0 Å². The normalized spacial score (nSPS) is 11.5. The van der Waals surface area contributed by atoms with Gasteiger partial charge in [0.2, 0.25) is 0 Å². The van der Waals surface area contributed by atoms with Gasteiger partial charge < -0.3 is 10.1 Å². The molecule has 4 rings (SSSR count). The molecule has 1 heterocycles. The number of halogens is 1. The van der Waals surface area contributed by atoms with Gasteiger partial charge in [0.1, 0.15) is 10.8 Å². The molecule has 0 saturated heterocycles. The zero-order chi connectivity index (χ0) is 21.3. The maximum absolute atomic E-state index is 13.0. The Hall–Kier alpha value is -2.89. The third-order valence-corrected chi connectivity index (χ3v) is 6.10. The van der Waals surface area contributed by atoms with Gasteiger partial charge in [-0.05, 0) is 68.8 Å². The van der Waals surface area contributed by atoms with Crippen molar-refractivity contribution in [2.24, 2.45) is 0 Å². The first-order valence-corrected chi connectivity index (χ1v) is 10.7. The van der Waals surface area contributed by atoms with Crippen LogP contribution < -0.4 is 10.1 Å². The van der Waals surface area contributed by atoms with Crippen LogP contribution in [0.5, 0.6) is 5.75 Å². The first-order valence-electron chi connectivity index (χ1n) is 9.54. The van der Waals surface area contributed by atoms with Gasteiger partial charge in [-0.2, -0.15) is 0 Å². The van der Waals surface area contributed by atoms with Crippen molar-refractivity contribution in [1.29, 1.82) is 0 Å². The van der Waals surface area contributed by atoms with E-state index in [1.54, 1.807) is 49.4 Å². The molecule has 0 spiro atoms. The van der Waals surface area contributed by atoms with Crippen LogP contribution in [0.25, 0.3) is 20.8 Å². The first-order chi connectivity index (χ1) is 14.3. The number of thiazole rings is 1. The summed E-state index contributed by atoms with van der Waals surface area (Å²) < 4.78 is 7.04. The lowest BCUT2D eigenvalue weighted by molar-refractivity contribution is -0.128. The van der Waals surface area contributed by atoms with E-state index in [-0.39, 0.29) is 5.91 Å². The summed E-state index contributed by atoms with van der Waals surface area (Å²) in [4.78, 5) is 17.7. The molecular weight excluding hydrogens is 416 g/mol. The molecule has 1 N–H and O–H groups in total. The Balaban J connectivity index is 1.56. The van der Waals surface area contributed by atoms with E-state index in [0.717, 1.165) is 32.0 Å². The van der Waals surface area contributed by atoms with E-state index in [9.17, 15) is 4.79 Å². The number of amides is 1. The minimum Gasteiger partial charge on any atom is -0.478 e. The van der Waals surface area contributed by atoms with Crippen LogP contribution in [0.4, 0.5) is 5.69 Å². The molecule has 4 aromatic rings. The molecule has 0 saturated carbocycles. The number of aryl methyl sites for hydroxylation is 1. The Morgan fingerprint density at radius 1 is 1.07 bits per heavy atom. The number of nitrogens with one attached hydrogen (secondary N) is 1. The number of benzene rings is 3. The maximum atomic E-state index is 13.0. The molecule has 0 aliphatic rings. The summed E-state index contributed by atoms with van der Waals surface area (Å²) >= 11 is 7.56. The summed E-state index contributed by atoms with van der Waals surface area (Å²) in [5.41, 5.74) is 2.58. The average molecular weight is 437 g/mol. The number of anilines is 1. The van der Waals surface area contributed by atoms with Crippen LogP contribution in [0.3, 0.4) is 0 Å². The molecule has 0 bridgehead atoms. The SMILES string of the molecule is Cc1ccc(-c2nc3ccccc3s2)cc1NC(=O)C(C)(C)Oc1ccc(Cl)cc1. The molecular formula is C24H21ClN2O2S. The van der Waals surface area contributed by atoms with Gasteiger partial charge in [-0.25, -0.2) is 4.98 Å². The van der Waals surface area contributed by atoms with Crippen molar-refractivity contribution in [2.45, 2.75) is 26.4 Å². The first kappa shape index (κ1) is 20.4. The molecule has 30 heavy (non-hydrogen) atoms. The number of fused-ring (bicyclic) bond motifs is 1. The third kappa shape index (κ3) is 4.32. The third-order valence-electron chi connectivity index (χ3n) is 4.76. The van der Waals surface area contributed by atoms with Crippen molar-refractivity contribution in [2.75, 3.05) is 5.32 Å². The van der Waals surface area contributed by atoms with Crippen LogP contribution in [0.2, 0.25) is 5.02 Å². The fourth-order valence-electron chi connectivity index (χ4n) is 3.00. The molecule has 0 aliphatic heterocycles. The largest absolute Gasteiger partial charge is 0.478 e. The number of carbonyl (C=O) groups excluding carboxylic acids is 1. The van der Waals surface area contributed by atoms with Gasteiger partial charge in [0.15, 0.2) is 5.60 Å². The lowest BCUT2D eigenvalue weighted by Crippen LogP contribution is -2.42. The summed E-state index contributed by atoms with van der Waals surface area (Å²) in [7, 11) is 0. The van der Waals surface area contributed by atoms with Crippen molar-refractivity contribution < 1.29 is 9.53 Å². The zero-order valence-corrected chi connectivity index (χ0v) is 18.5. The molecule has 1 aromatic heterocycles. The van der Waals surface area contributed by atoms with E-state index < -0.39 is 5.60 Å². The molecule has 3 aromatic carbocycles. The monoisotopic (exact) mass is 436 g/mol. The number of nitrogens with zero attached hydrogens (tertiary/aromatic N) is 1.